The Balaban J connectivity index is 0.000000359. The summed E-state index contributed by atoms with van der Waals surface area (Å²) in [7, 11) is -17.8. The van der Waals surface area contributed by atoms with E-state index in [2.05, 4.69) is 104 Å². The number of fused-ring (bicyclic) bond motifs is 4. The molecule has 8 rings (SSSR count). The zero-order valence-electron chi connectivity index (χ0n) is 81.8. The minimum Gasteiger partial charge on any atom is -0.744 e. The fourth-order valence-corrected chi connectivity index (χ4v) is 20.3. The molecule has 0 bridgehead atoms. The summed E-state index contributed by atoms with van der Waals surface area (Å²) in [5.41, 5.74) is 9.76. The average molecular weight is 2050 g/mol. The van der Waals surface area contributed by atoms with Crippen molar-refractivity contribution in [3.05, 3.63) is 166 Å². The predicted molar refractivity (Wildman–Crippen MR) is 547 cm³/mol. The smallest absolute Gasteiger partial charge is 0.124 e. The number of unbranched alkanes of at least 4 members (excludes halogenated alkanes) is 48. The van der Waals surface area contributed by atoms with Gasteiger partial charge in [-0.3, -0.25) is 0 Å². The van der Waals surface area contributed by atoms with Crippen molar-refractivity contribution in [2.75, 3.05) is 0 Å². The van der Waals surface area contributed by atoms with Crippen molar-refractivity contribution in [2.24, 2.45) is 0 Å². The van der Waals surface area contributed by atoms with Crippen LogP contribution in [0, 0.1) is 0 Å². The Morgan fingerprint density at radius 1 is 0.155 bits per heavy atom. The first kappa shape index (κ1) is 117. The van der Waals surface area contributed by atoms with Crippen LogP contribution in [0.3, 0.4) is 0 Å². The molecule has 12 nitrogen and oxygen atoms in total. The van der Waals surface area contributed by atoms with E-state index in [4.69, 9.17) is 0 Å². The van der Waals surface area contributed by atoms with Gasteiger partial charge in [-0.2, -0.15) is 0 Å². The molecule has 0 aliphatic heterocycles. The van der Waals surface area contributed by atoms with E-state index in [1.54, 1.807) is 24.3 Å². The van der Waals surface area contributed by atoms with Crippen LogP contribution < -0.4 is 0 Å². The van der Waals surface area contributed by atoms with Crippen LogP contribution in [-0.2, 0) is 91.8 Å². The molecule has 0 unspecified atom stereocenters. The van der Waals surface area contributed by atoms with Gasteiger partial charge < -0.3 is 18.2 Å². The summed E-state index contributed by atoms with van der Waals surface area (Å²) in [4.78, 5) is -0.449. The molecule has 724 valence electrons. The van der Waals surface area contributed by atoms with E-state index >= 15 is 0 Å². The first-order valence-electron chi connectivity index (χ1n) is 51.9. The van der Waals surface area contributed by atoms with E-state index in [-0.39, 0.29) is 46.9 Å². The fraction of sp³-hybridized carbons (Fsp3) is 0.643. The Hall–Kier alpha value is -4.64. The van der Waals surface area contributed by atoms with Gasteiger partial charge in [-0.1, -0.05) is 436 Å². The summed E-state index contributed by atoms with van der Waals surface area (Å²) in [6.45, 7) is 17.9. The molecule has 8 aromatic carbocycles. The maximum atomic E-state index is 11.6. The van der Waals surface area contributed by atoms with Gasteiger partial charge >= 0.3 is 0 Å². The van der Waals surface area contributed by atoms with Crippen LogP contribution in [0.5, 0.6) is 0 Å². The molecule has 0 N–H and O–H groups in total. The van der Waals surface area contributed by atoms with Crippen molar-refractivity contribution in [1.29, 1.82) is 0 Å². The number of benzene rings is 8. The van der Waals surface area contributed by atoms with E-state index in [1.165, 1.54) is 377 Å². The van der Waals surface area contributed by atoms with Crippen LogP contribution >= 0.6 is 0 Å². The molecular weight excluding hydrogens is 1870 g/mol. The van der Waals surface area contributed by atoms with Crippen LogP contribution in [-0.4, -0.2) is 79.2 Å². The molecule has 17 heteroatoms. The summed E-state index contributed by atoms with van der Waals surface area (Å²) in [6, 6.07) is 37.3. The van der Waals surface area contributed by atoms with Gasteiger partial charge in [0.15, 0.2) is 0 Å². The van der Waals surface area contributed by atoms with Crippen molar-refractivity contribution in [1.82, 2.24) is 0 Å². The van der Waals surface area contributed by atoms with E-state index in [0.717, 1.165) is 146 Å². The molecule has 0 atom stereocenters. The Labute approximate surface area is 807 Å². The molecular formula is C112H172O12PbS4-4. The predicted octanol–water partition coefficient (Wildman–Crippen LogP) is 32.9. The Kier molecular flexibility index (Phi) is 62.6. The quantitative estimate of drug-likeness (QED) is 0.0197. The number of rotatable bonds is 68. The van der Waals surface area contributed by atoms with Crippen LogP contribution in [0.25, 0.3) is 43.1 Å². The van der Waals surface area contributed by atoms with Crippen molar-refractivity contribution in [3.63, 3.8) is 0 Å². The topological polar surface area (TPSA) is 229 Å². The van der Waals surface area contributed by atoms with E-state index in [0.29, 0.717) is 0 Å². The molecule has 0 saturated heterocycles. The summed E-state index contributed by atoms with van der Waals surface area (Å²) in [5, 5.41) is 8.27. The SMILES string of the molecule is CCCCCCCCCc1ccc(CCCCCCCCC)c2cc(S(=O)(=O)[O-])ccc12.CCCCCCCCCc1ccc(CCCCCCCCC)c2cc(S(=O)(=O)[O-])ccc12.CCCCCCCCCc1ccc(CCCCCCCCC)c2cc(S(=O)(=O)[O-])ccc12.CCCCCCCCCc1ccc(CCCCCCCCC)c2cc(S(=O)(=O)[O-])ccc12.[Pb]. The zero-order valence-corrected chi connectivity index (χ0v) is 89.0. The van der Waals surface area contributed by atoms with Gasteiger partial charge in [-0.15, -0.1) is 0 Å². The second kappa shape index (κ2) is 69.2. The van der Waals surface area contributed by atoms with Crippen molar-refractivity contribution >= 4 is 111 Å². The number of hydrogen-bond donors (Lipinski definition) is 0. The third kappa shape index (κ3) is 47.6. The van der Waals surface area contributed by atoms with Gasteiger partial charge in [0.05, 0.1) is 19.6 Å². The minimum atomic E-state index is -4.44. The molecule has 0 fully saturated rings. The maximum Gasteiger partial charge on any atom is 0.124 e. The molecule has 8 aromatic rings. The summed E-state index contributed by atoms with van der Waals surface area (Å²) in [5.74, 6) is 0. The normalized spacial score (nSPS) is 11.9. The molecule has 0 saturated carbocycles. The van der Waals surface area contributed by atoms with Crippen molar-refractivity contribution < 1.29 is 51.9 Å². The molecule has 4 radical (unpaired) electrons. The standard InChI is InChI=1S/4C28H44O3S.Pb/c4*1-3-5-7-9-11-13-15-17-24-19-20-25(18-16-14-12-10-8-6-4-2)28-23-26(32(29,30)31)21-22-27(24)28;/h4*19-23H,3-18H2,1-2H3,(H,29,30,31);/p-4. The van der Waals surface area contributed by atoms with E-state index < -0.39 is 40.5 Å². The van der Waals surface area contributed by atoms with Gasteiger partial charge in [0, 0.05) is 27.3 Å². The average Bonchev–Trinajstić information content (AvgIpc) is 0.800. The van der Waals surface area contributed by atoms with Crippen LogP contribution in [0.2, 0.25) is 0 Å². The molecule has 0 aromatic heterocycles. The van der Waals surface area contributed by atoms with E-state index in [9.17, 15) is 51.9 Å². The maximum absolute atomic E-state index is 11.6. The minimum absolute atomic E-state index is 0. The summed E-state index contributed by atoms with van der Waals surface area (Å²) in [6.07, 6.45) is 78.5. The summed E-state index contributed by atoms with van der Waals surface area (Å²) < 4.78 is 139. The third-order valence-electron chi connectivity index (χ3n) is 26.2. The van der Waals surface area contributed by atoms with Gasteiger partial charge in [-0.25, -0.2) is 33.7 Å². The number of aryl methyl sites for hydroxylation is 8. The molecule has 0 aliphatic carbocycles. The largest absolute Gasteiger partial charge is 0.744 e. The third-order valence-corrected chi connectivity index (χ3v) is 29.6. The van der Waals surface area contributed by atoms with Gasteiger partial charge in [0.25, 0.3) is 0 Å². The Morgan fingerprint density at radius 2 is 0.264 bits per heavy atom. The molecule has 0 spiro atoms. The zero-order chi connectivity index (χ0) is 92.9. The van der Waals surface area contributed by atoms with Gasteiger partial charge in [0.1, 0.15) is 40.5 Å². The molecule has 129 heavy (non-hydrogen) atoms. The van der Waals surface area contributed by atoms with Crippen LogP contribution in [0.1, 0.15) is 459 Å². The molecule has 0 aliphatic rings. The van der Waals surface area contributed by atoms with Crippen molar-refractivity contribution in [3.8, 4) is 0 Å². The molecule has 0 heterocycles. The molecule has 0 amide bonds. The fourth-order valence-electron chi connectivity index (χ4n) is 18.3. The monoisotopic (exact) mass is 2050 g/mol. The first-order valence-corrected chi connectivity index (χ1v) is 57.5. The Bertz CT molecular complexity index is 4220. The second-order valence-electron chi connectivity index (χ2n) is 37.2. The first-order chi connectivity index (χ1) is 61.9. The van der Waals surface area contributed by atoms with Crippen molar-refractivity contribution in [2.45, 2.75) is 486 Å². The van der Waals surface area contributed by atoms with Crippen LogP contribution in [0.15, 0.2) is 141 Å². The number of hydrogen-bond acceptors (Lipinski definition) is 12. The van der Waals surface area contributed by atoms with Crippen LogP contribution in [0.4, 0.5) is 0 Å². The van der Waals surface area contributed by atoms with Gasteiger partial charge in [-0.05, 0) is 239 Å². The van der Waals surface area contributed by atoms with Gasteiger partial charge in [0.2, 0.25) is 0 Å². The second-order valence-corrected chi connectivity index (χ2v) is 42.7. The Morgan fingerprint density at radius 3 is 0.380 bits per heavy atom. The summed E-state index contributed by atoms with van der Waals surface area (Å²) >= 11 is 0. The van der Waals surface area contributed by atoms with E-state index in [1.807, 2.05) is 24.3 Å².